The highest BCUT2D eigenvalue weighted by molar-refractivity contribution is 14.1. The minimum Gasteiger partial charge on any atom is -0.489 e. The first kappa shape index (κ1) is 20.9. The quantitative estimate of drug-likeness (QED) is 0.247. The van der Waals surface area contributed by atoms with Gasteiger partial charge in [-0.05, 0) is 76.2 Å². The van der Waals surface area contributed by atoms with Crippen LogP contribution in [0.1, 0.15) is 11.1 Å². The van der Waals surface area contributed by atoms with Gasteiger partial charge in [-0.1, -0.05) is 48.0 Å². The molecule has 0 saturated heterocycles. The molecule has 3 aromatic carbocycles. The number of carbonyl (C=O) groups is 1. The topological polar surface area (TPSA) is 62.1 Å². The summed E-state index contributed by atoms with van der Waals surface area (Å²) in [5, 5.41) is 12.8. The number of rotatable bonds is 6. The minimum atomic E-state index is -0.445. The molecule has 0 radical (unpaired) electrons. The number of nitriles is 1. The summed E-state index contributed by atoms with van der Waals surface area (Å²) in [6, 6.07) is 24.0. The highest BCUT2D eigenvalue weighted by Gasteiger charge is 2.11. The van der Waals surface area contributed by atoms with E-state index in [0.717, 1.165) is 14.7 Å². The van der Waals surface area contributed by atoms with Crippen LogP contribution < -0.4 is 10.1 Å². The number of anilines is 1. The fraction of sp³-hybridized carbons (Fsp3) is 0.0435. The molecule has 3 rings (SSSR count). The zero-order valence-electron chi connectivity index (χ0n) is 15.2. The molecule has 0 aliphatic heterocycles. The standard InChI is InChI=1S/C23H16ClIN2O2/c24-19-9-5-17(6-10-19)15-29-20-11-7-16(8-12-20)13-18(14-26)23(28)27-22-4-2-1-3-21(22)25/h1-13H,15H2,(H,27,28). The Balaban J connectivity index is 1.65. The first-order valence-electron chi connectivity index (χ1n) is 8.70. The number of hydrogen-bond donors (Lipinski definition) is 1. The molecule has 29 heavy (non-hydrogen) atoms. The second-order valence-electron chi connectivity index (χ2n) is 6.09. The van der Waals surface area contributed by atoms with Gasteiger partial charge in [-0.15, -0.1) is 0 Å². The van der Waals surface area contributed by atoms with Crippen molar-refractivity contribution in [3.8, 4) is 11.8 Å². The summed E-state index contributed by atoms with van der Waals surface area (Å²) < 4.78 is 6.65. The van der Waals surface area contributed by atoms with Crippen molar-refractivity contribution in [2.24, 2.45) is 0 Å². The van der Waals surface area contributed by atoms with Crippen LogP contribution in [0.3, 0.4) is 0 Å². The van der Waals surface area contributed by atoms with Gasteiger partial charge in [0.25, 0.3) is 5.91 Å². The van der Waals surface area contributed by atoms with Crippen LogP contribution in [0.5, 0.6) is 5.75 Å². The average Bonchev–Trinajstić information content (AvgIpc) is 2.74. The van der Waals surface area contributed by atoms with E-state index >= 15 is 0 Å². The third-order valence-corrected chi connectivity index (χ3v) is 5.19. The van der Waals surface area contributed by atoms with E-state index in [-0.39, 0.29) is 5.57 Å². The van der Waals surface area contributed by atoms with Crippen LogP contribution in [0.4, 0.5) is 5.69 Å². The second-order valence-corrected chi connectivity index (χ2v) is 7.69. The predicted octanol–water partition coefficient (Wildman–Crippen LogP) is 6.07. The number of hydrogen-bond acceptors (Lipinski definition) is 3. The fourth-order valence-corrected chi connectivity index (χ4v) is 3.12. The van der Waals surface area contributed by atoms with Crippen molar-refractivity contribution in [2.45, 2.75) is 6.61 Å². The number of amides is 1. The van der Waals surface area contributed by atoms with E-state index in [1.165, 1.54) is 0 Å². The van der Waals surface area contributed by atoms with Crippen LogP contribution >= 0.6 is 34.2 Å². The predicted molar refractivity (Wildman–Crippen MR) is 124 cm³/mol. The van der Waals surface area contributed by atoms with Gasteiger partial charge in [0, 0.05) is 8.59 Å². The zero-order valence-corrected chi connectivity index (χ0v) is 18.1. The van der Waals surface area contributed by atoms with Gasteiger partial charge in [0.15, 0.2) is 0 Å². The van der Waals surface area contributed by atoms with Gasteiger partial charge >= 0.3 is 0 Å². The lowest BCUT2D eigenvalue weighted by atomic mass is 10.1. The molecule has 1 N–H and O–H groups in total. The normalized spacial score (nSPS) is 10.9. The number of nitrogens with zero attached hydrogens (tertiary/aromatic N) is 1. The minimum absolute atomic E-state index is 0.0273. The SMILES string of the molecule is N#CC(=Cc1ccc(OCc2ccc(Cl)cc2)cc1)C(=O)Nc1ccccc1I. The summed E-state index contributed by atoms with van der Waals surface area (Å²) in [7, 11) is 0. The maximum Gasteiger partial charge on any atom is 0.266 e. The fourth-order valence-electron chi connectivity index (χ4n) is 2.48. The molecule has 0 aliphatic carbocycles. The van der Waals surface area contributed by atoms with E-state index in [2.05, 4.69) is 27.9 Å². The zero-order chi connectivity index (χ0) is 20.6. The molecule has 6 heteroatoms. The first-order chi connectivity index (χ1) is 14.0. The Hall–Kier alpha value is -2.82. The van der Waals surface area contributed by atoms with Crippen LogP contribution in [-0.2, 0) is 11.4 Å². The molecule has 0 bridgehead atoms. The van der Waals surface area contributed by atoms with Gasteiger partial charge in [0.05, 0.1) is 5.69 Å². The van der Waals surface area contributed by atoms with Gasteiger partial charge in [-0.25, -0.2) is 0 Å². The molecule has 0 aliphatic rings. The second kappa shape index (κ2) is 10.1. The number of benzene rings is 3. The highest BCUT2D eigenvalue weighted by Crippen LogP contribution is 2.20. The Labute approximate surface area is 187 Å². The lowest BCUT2D eigenvalue weighted by Crippen LogP contribution is -2.14. The molecule has 0 unspecified atom stereocenters. The van der Waals surface area contributed by atoms with Crippen molar-refractivity contribution in [1.82, 2.24) is 0 Å². The smallest absolute Gasteiger partial charge is 0.266 e. The molecular formula is C23H16ClIN2O2. The Morgan fingerprint density at radius 3 is 2.41 bits per heavy atom. The number of ether oxygens (including phenoxy) is 1. The Morgan fingerprint density at radius 2 is 1.76 bits per heavy atom. The Kier molecular flexibility index (Phi) is 7.28. The number of nitrogens with one attached hydrogen (secondary N) is 1. The Morgan fingerprint density at radius 1 is 1.07 bits per heavy atom. The van der Waals surface area contributed by atoms with Crippen molar-refractivity contribution >= 4 is 51.9 Å². The molecule has 0 heterocycles. The molecule has 0 saturated carbocycles. The monoisotopic (exact) mass is 514 g/mol. The summed E-state index contributed by atoms with van der Waals surface area (Å²) in [5.74, 6) is 0.249. The van der Waals surface area contributed by atoms with Crippen molar-refractivity contribution in [3.63, 3.8) is 0 Å². The summed E-state index contributed by atoms with van der Waals surface area (Å²) >= 11 is 8.01. The third kappa shape index (κ3) is 6.08. The molecule has 3 aromatic rings. The van der Waals surface area contributed by atoms with Crippen molar-refractivity contribution in [3.05, 3.63) is 98.1 Å². The first-order valence-corrected chi connectivity index (χ1v) is 10.2. The van der Waals surface area contributed by atoms with Crippen LogP contribution in [0, 0.1) is 14.9 Å². The van der Waals surface area contributed by atoms with Gasteiger partial charge in [0.1, 0.15) is 24.0 Å². The van der Waals surface area contributed by atoms with Gasteiger partial charge in [0.2, 0.25) is 0 Å². The van der Waals surface area contributed by atoms with Crippen LogP contribution in [0.15, 0.2) is 78.4 Å². The molecule has 0 aromatic heterocycles. The van der Waals surface area contributed by atoms with E-state index in [0.29, 0.717) is 23.1 Å². The summed E-state index contributed by atoms with van der Waals surface area (Å²) in [4.78, 5) is 12.4. The van der Waals surface area contributed by atoms with E-state index in [1.54, 1.807) is 36.4 Å². The number of halogens is 2. The molecule has 144 valence electrons. The van der Waals surface area contributed by atoms with Crippen molar-refractivity contribution < 1.29 is 9.53 Å². The molecule has 0 fully saturated rings. The highest BCUT2D eigenvalue weighted by atomic mass is 127. The number of carbonyl (C=O) groups excluding carboxylic acids is 1. The maximum absolute atomic E-state index is 12.4. The summed E-state index contributed by atoms with van der Waals surface area (Å²) in [6.45, 7) is 0.425. The van der Waals surface area contributed by atoms with E-state index in [9.17, 15) is 10.1 Å². The largest absolute Gasteiger partial charge is 0.489 e. The maximum atomic E-state index is 12.4. The average molecular weight is 515 g/mol. The molecule has 0 spiro atoms. The third-order valence-electron chi connectivity index (χ3n) is 4.00. The van der Waals surface area contributed by atoms with Crippen molar-refractivity contribution in [1.29, 1.82) is 5.26 Å². The molecule has 1 amide bonds. The van der Waals surface area contributed by atoms with Gasteiger partial charge in [-0.3, -0.25) is 4.79 Å². The van der Waals surface area contributed by atoms with E-state index in [1.807, 2.05) is 48.5 Å². The van der Waals surface area contributed by atoms with Crippen LogP contribution in [-0.4, -0.2) is 5.91 Å². The summed E-state index contributed by atoms with van der Waals surface area (Å²) in [6.07, 6.45) is 1.55. The molecule has 0 atom stereocenters. The Bertz CT molecular complexity index is 1070. The lowest BCUT2D eigenvalue weighted by Gasteiger charge is -2.08. The summed E-state index contributed by atoms with van der Waals surface area (Å²) in [5.41, 5.74) is 2.44. The lowest BCUT2D eigenvalue weighted by molar-refractivity contribution is -0.112. The van der Waals surface area contributed by atoms with Crippen molar-refractivity contribution in [2.75, 3.05) is 5.32 Å². The molecule has 4 nitrogen and oxygen atoms in total. The van der Waals surface area contributed by atoms with Gasteiger partial charge in [-0.2, -0.15) is 5.26 Å². The number of para-hydroxylation sites is 1. The van der Waals surface area contributed by atoms with E-state index < -0.39 is 5.91 Å². The van der Waals surface area contributed by atoms with Crippen LogP contribution in [0.25, 0.3) is 6.08 Å². The van der Waals surface area contributed by atoms with E-state index in [4.69, 9.17) is 16.3 Å². The van der Waals surface area contributed by atoms with Gasteiger partial charge < -0.3 is 10.1 Å². The molecular weight excluding hydrogens is 499 g/mol. The van der Waals surface area contributed by atoms with Crippen LogP contribution in [0.2, 0.25) is 5.02 Å².